The minimum atomic E-state index is -0.622. The van der Waals surface area contributed by atoms with E-state index in [0.29, 0.717) is 12.4 Å². The highest BCUT2D eigenvalue weighted by atomic mass is 16.6. The van der Waals surface area contributed by atoms with Gasteiger partial charge in [0.2, 0.25) is 0 Å². The van der Waals surface area contributed by atoms with Crippen LogP contribution < -0.4 is 4.74 Å². The lowest BCUT2D eigenvalue weighted by molar-refractivity contribution is -0.150. The molecule has 18 heavy (non-hydrogen) atoms. The number of fused-ring (bicyclic) bond motifs is 1. The molecule has 1 atom stereocenters. The Labute approximate surface area is 106 Å². The van der Waals surface area contributed by atoms with Crippen LogP contribution in [0.2, 0.25) is 0 Å². The predicted octanol–water partition coefficient (Wildman–Crippen LogP) is 2.57. The van der Waals surface area contributed by atoms with E-state index in [-0.39, 0.29) is 5.97 Å². The molecule has 0 radical (unpaired) electrons. The average molecular weight is 245 g/mol. The Bertz CT molecular complexity index is 548. The lowest BCUT2D eigenvalue weighted by atomic mass is 10.1. The van der Waals surface area contributed by atoms with Gasteiger partial charge in [-0.25, -0.2) is 4.79 Å². The maximum absolute atomic E-state index is 11.5. The summed E-state index contributed by atoms with van der Waals surface area (Å²) in [5, 5.41) is 1.91. The molecule has 0 aliphatic carbocycles. The van der Waals surface area contributed by atoms with Gasteiger partial charge in [0.1, 0.15) is 5.75 Å². The summed E-state index contributed by atoms with van der Waals surface area (Å²) in [5.74, 6) is 0.305. The third-order valence-electron chi connectivity index (χ3n) is 2.56. The Morgan fingerprint density at radius 2 is 2.22 bits per heavy atom. The molecule has 2 rings (SSSR count). The summed E-state index contributed by atoms with van der Waals surface area (Å²) in [7, 11) is 0. The fourth-order valence-corrected chi connectivity index (χ4v) is 1.69. The molecule has 94 valence electrons. The number of hydrogen-bond donors (Lipinski definition) is 0. The normalized spacial score (nSPS) is 12.1. The number of ether oxygens (including phenoxy) is 2. The van der Waals surface area contributed by atoms with E-state index >= 15 is 0 Å². The highest BCUT2D eigenvalue weighted by Crippen LogP contribution is 2.25. The molecule has 0 fully saturated rings. The van der Waals surface area contributed by atoms with Crippen molar-refractivity contribution in [3.05, 3.63) is 36.7 Å². The number of aromatic nitrogens is 1. The zero-order valence-electron chi connectivity index (χ0n) is 10.4. The Hall–Kier alpha value is -2.10. The van der Waals surface area contributed by atoms with Gasteiger partial charge >= 0.3 is 5.97 Å². The van der Waals surface area contributed by atoms with Gasteiger partial charge in [-0.05, 0) is 26.0 Å². The van der Waals surface area contributed by atoms with Crippen LogP contribution in [0.4, 0.5) is 0 Å². The van der Waals surface area contributed by atoms with E-state index in [1.54, 1.807) is 26.2 Å². The minimum Gasteiger partial charge on any atom is -0.478 e. The molecular weight excluding hydrogens is 230 g/mol. The number of carbonyl (C=O) groups is 1. The lowest BCUT2D eigenvalue weighted by Gasteiger charge is -2.14. The first-order valence-corrected chi connectivity index (χ1v) is 5.88. The summed E-state index contributed by atoms with van der Waals surface area (Å²) < 4.78 is 10.6. The van der Waals surface area contributed by atoms with Crippen LogP contribution in [0.15, 0.2) is 36.7 Å². The van der Waals surface area contributed by atoms with Crippen LogP contribution in [0.1, 0.15) is 13.8 Å². The van der Waals surface area contributed by atoms with Crippen molar-refractivity contribution >= 4 is 16.7 Å². The van der Waals surface area contributed by atoms with Gasteiger partial charge < -0.3 is 9.47 Å². The van der Waals surface area contributed by atoms with E-state index in [1.165, 1.54) is 0 Å². The minimum absolute atomic E-state index is 0.353. The Morgan fingerprint density at radius 1 is 1.39 bits per heavy atom. The van der Waals surface area contributed by atoms with Gasteiger partial charge in [-0.1, -0.05) is 12.1 Å². The van der Waals surface area contributed by atoms with E-state index in [4.69, 9.17) is 9.47 Å². The molecule has 1 heterocycles. The summed E-state index contributed by atoms with van der Waals surface area (Å²) >= 11 is 0. The number of pyridine rings is 1. The van der Waals surface area contributed by atoms with Gasteiger partial charge in [0.25, 0.3) is 0 Å². The van der Waals surface area contributed by atoms with Crippen molar-refractivity contribution in [1.29, 1.82) is 0 Å². The number of benzene rings is 1. The zero-order chi connectivity index (χ0) is 13.0. The van der Waals surface area contributed by atoms with Gasteiger partial charge in [0, 0.05) is 23.2 Å². The van der Waals surface area contributed by atoms with E-state index in [1.807, 2.05) is 24.3 Å². The van der Waals surface area contributed by atoms with Crippen LogP contribution in [0.5, 0.6) is 5.75 Å². The molecule has 4 heteroatoms. The van der Waals surface area contributed by atoms with Crippen LogP contribution in [-0.2, 0) is 9.53 Å². The summed E-state index contributed by atoms with van der Waals surface area (Å²) in [6.07, 6.45) is 2.84. The third kappa shape index (κ3) is 2.59. The number of esters is 1. The first-order chi connectivity index (χ1) is 8.72. The van der Waals surface area contributed by atoms with E-state index in [2.05, 4.69) is 4.98 Å². The van der Waals surface area contributed by atoms with E-state index < -0.39 is 6.10 Å². The summed E-state index contributed by atoms with van der Waals surface area (Å²) in [5.41, 5.74) is 0. The number of hydrogen-bond acceptors (Lipinski definition) is 4. The monoisotopic (exact) mass is 245 g/mol. The van der Waals surface area contributed by atoms with Gasteiger partial charge in [0.15, 0.2) is 6.10 Å². The van der Waals surface area contributed by atoms with Crippen molar-refractivity contribution in [2.45, 2.75) is 20.0 Å². The standard InChI is InChI=1S/C14H15NO3/c1-3-17-14(16)10(2)18-13-6-4-5-11-9-15-8-7-12(11)13/h4-10H,3H2,1-2H3/t10-/m0/s1. The molecule has 0 N–H and O–H groups in total. The second kappa shape index (κ2) is 5.49. The largest absolute Gasteiger partial charge is 0.478 e. The molecule has 0 bridgehead atoms. The zero-order valence-corrected chi connectivity index (χ0v) is 10.4. The second-order valence-corrected chi connectivity index (χ2v) is 3.87. The SMILES string of the molecule is CCOC(=O)[C@H](C)Oc1cccc2cnccc12. The number of nitrogens with zero attached hydrogens (tertiary/aromatic N) is 1. The Balaban J connectivity index is 2.24. The highest BCUT2D eigenvalue weighted by Gasteiger charge is 2.16. The fourth-order valence-electron chi connectivity index (χ4n) is 1.69. The smallest absolute Gasteiger partial charge is 0.347 e. The van der Waals surface area contributed by atoms with Crippen LogP contribution >= 0.6 is 0 Å². The molecule has 4 nitrogen and oxygen atoms in total. The van der Waals surface area contributed by atoms with Gasteiger partial charge in [-0.3, -0.25) is 4.98 Å². The Kier molecular flexibility index (Phi) is 3.77. The van der Waals surface area contributed by atoms with Gasteiger partial charge in [-0.2, -0.15) is 0 Å². The van der Waals surface area contributed by atoms with Crippen molar-refractivity contribution in [1.82, 2.24) is 4.98 Å². The Morgan fingerprint density at radius 3 is 3.00 bits per heavy atom. The summed E-state index contributed by atoms with van der Waals surface area (Å²) in [4.78, 5) is 15.6. The predicted molar refractivity (Wildman–Crippen MR) is 68.5 cm³/mol. The third-order valence-corrected chi connectivity index (χ3v) is 2.56. The molecule has 0 spiro atoms. The quantitative estimate of drug-likeness (QED) is 0.777. The van der Waals surface area contributed by atoms with Crippen molar-refractivity contribution in [2.24, 2.45) is 0 Å². The highest BCUT2D eigenvalue weighted by molar-refractivity contribution is 5.87. The molecule has 0 saturated heterocycles. The molecule has 0 aliphatic rings. The van der Waals surface area contributed by atoms with Crippen LogP contribution in [-0.4, -0.2) is 23.7 Å². The molecule has 0 unspecified atom stereocenters. The average Bonchev–Trinajstić information content (AvgIpc) is 2.39. The van der Waals surface area contributed by atoms with E-state index in [9.17, 15) is 4.79 Å². The lowest BCUT2D eigenvalue weighted by Crippen LogP contribution is -2.26. The number of rotatable bonds is 4. The van der Waals surface area contributed by atoms with Crippen molar-refractivity contribution in [2.75, 3.05) is 6.61 Å². The molecule has 0 amide bonds. The fraction of sp³-hybridized carbons (Fsp3) is 0.286. The van der Waals surface area contributed by atoms with Crippen molar-refractivity contribution in [3.63, 3.8) is 0 Å². The number of carbonyl (C=O) groups excluding carboxylic acids is 1. The first-order valence-electron chi connectivity index (χ1n) is 5.88. The molecule has 1 aromatic carbocycles. The van der Waals surface area contributed by atoms with E-state index in [0.717, 1.165) is 10.8 Å². The van der Waals surface area contributed by atoms with Crippen molar-refractivity contribution in [3.8, 4) is 5.75 Å². The summed E-state index contributed by atoms with van der Waals surface area (Å²) in [6.45, 7) is 3.80. The molecule has 0 saturated carbocycles. The topological polar surface area (TPSA) is 48.4 Å². The molecule has 1 aromatic heterocycles. The molecular formula is C14H15NO3. The van der Waals surface area contributed by atoms with Crippen LogP contribution in [0.25, 0.3) is 10.8 Å². The molecule has 0 aliphatic heterocycles. The van der Waals surface area contributed by atoms with Gasteiger partial charge in [0.05, 0.1) is 6.61 Å². The second-order valence-electron chi connectivity index (χ2n) is 3.87. The maximum Gasteiger partial charge on any atom is 0.347 e. The van der Waals surface area contributed by atoms with Gasteiger partial charge in [-0.15, -0.1) is 0 Å². The molecule has 2 aromatic rings. The van der Waals surface area contributed by atoms with Crippen LogP contribution in [0.3, 0.4) is 0 Å². The first kappa shape index (κ1) is 12.4. The summed E-state index contributed by atoms with van der Waals surface area (Å²) in [6, 6.07) is 7.52. The van der Waals surface area contributed by atoms with Crippen LogP contribution in [0, 0.1) is 0 Å². The maximum atomic E-state index is 11.5. The van der Waals surface area contributed by atoms with Crippen molar-refractivity contribution < 1.29 is 14.3 Å².